The van der Waals surface area contributed by atoms with Crippen LogP contribution in [0.2, 0.25) is 0 Å². The molecule has 2 aliphatic heterocycles. The second-order valence-electron chi connectivity index (χ2n) is 7.89. The molecule has 1 aromatic carbocycles. The van der Waals surface area contributed by atoms with Gasteiger partial charge in [-0.1, -0.05) is 30.3 Å². The van der Waals surface area contributed by atoms with E-state index in [1.54, 1.807) is 24.3 Å². The molecule has 4 N–H and O–H groups in total. The molecule has 2 heterocycles. The fraction of sp³-hybridized carbons (Fsp3) is 0.524. The van der Waals surface area contributed by atoms with Crippen molar-refractivity contribution in [3.05, 3.63) is 35.9 Å². The van der Waals surface area contributed by atoms with E-state index in [0.717, 1.165) is 5.56 Å². The number of benzene rings is 1. The van der Waals surface area contributed by atoms with E-state index in [-0.39, 0.29) is 6.61 Å². The van der Waals surface area contributed by atoms with Crippen LogP contribution >= 0.6 is 0 Å². The zero-order valence-corrected chi connectivity index (χ0v) is 18.2. The number of imide groups is 2. The molecular formula is C21H27N3O9. The molecule has 2 aliphatic rings. The lowest BCUT2D eigenvalue weighted by Crippen LogP contribution is -2.65. The van der Waals surface area contributed by atoms with Crippen LogP contribution in [0.5, 0.6) is 0 Å². The van der Waals surface area contributed by atoms with Gasteiger partial charge in [-0.2, -0.15) is 0 Å². The third kappa shape index (κ3) is 5.11. The Morgan fingerprint density at radius 2 is 1.67 bits per heavy atom. The van der Waals surface area contributed by atoms with E-state index < -0.39 is 73.3 Å². The van der Waals surface area contributed by atoms with Crippen molar-refractivity contribution in [2.75, 3.05) is 27.2 Å². The first-order valence-corrected chi connectivity index (χ1v) is 10.3. The summed E-state index contributed by atoms with van der Waals surface area (Å²) in [5.74, 6) is -4.45. The van der Waals surface area contributed by atoms with Crippen molar-refractivity contribution < 1.29 is 44.0 Å². The number of rotatable bonds is 8. The Morgan fingerprint density at radius 1 is 1.06 bits per heavy atom. The van der Waals surface area contributed by atoms with Crippen LogP contribution in [0.25, 0.3) is 0 Å². The van der Waals surface area contributed by atoms with Crippen molar-refractivity contribution in [2.45, 2.75) is 37.3 Å². The van der Waals surface area contributed by atoms with Crippen molar-refractivity contribution in [1.29, 1.82) is 0 Å². The first-order valence-electron chi connectivity index (χ1n) is 10.3. The van der Waals surface area contributed by atoms with Gasteiger partial charge in [-0.3, -0.25) is 24.2 Å². The lowest BCUT2D eigenvalue weighted by atomic mass is 9.95. The zero-order valence-electron chi connectivity index (χ0n) is 18.2. The summed E-state index contributed by atoms with van der Waals surface area (Å²) in [5.41, 5.74) is 0.797. The minimum absolute atomic E-state index is 0.0793. The van der Waals surface area contributed by atoms with Gasteiger partial charge in [0.2, 0.25) is 0 Å². The largest absolute Gasteiger partial charge is 0.394 e. The quantitative estimate of drug-likeness (QED) is 0.311. The molecule has 1 aromatic rings. The summed E-state index contributed by atoms with van der Waals surface area (Å²) in [6, 6.07) is 7.08. The Bertz CT molecular complexity index is 872. The number of hydrogen-bond donors (Lipinski definition) is 4. The predicted octanol–water partition coefficient (Wildman–Crippen LogP) is -2.16. The van der Waals surface area contributed by atoms with Crippen LogP contribution in [-0.2, 0) is 30.5 Å². The number of barbiturate groups is 1. The molecular weight excluding hydrogens is 438 g/mol. The van der Waals surface area contributed by atoms with Gasteiger partial charge in [0.25, 0.3) is 11.8 Å². The van der Waals surface area contributed by atoms with E-state index in [4.69, 9.17) is 9.47 Å². The Balaban J connectivity index is 1.71. The number of nitrogens with one attached hydrogen (secondary N) is 1. The topological polar surface area (TPSA) is 166 Å². The monoisotopic (exact) mass is 465 g/mol. The molecule has 12 nitrogen and oxygen atoms in total. The number of aliphatic hydroxyl groups is 3. The van der Waals surface area contributed by atoms with Crippen LogP contribution < -0.4 is 5.32 Å². The van der Waals surface area contributed by atoms with E-state index in [9.17, 15) is 34.5 Å². The third-order valence-electron chi connectivity index (χ3n) is 5.70. The number of hydrogen-bond acceptors (Lipinski definition) is 10. The molecule has 33 heavy (non-hydrogen) atoms. The summed E-state index contributed by atoms with van der Waals surface area (Å²) in [7, 11) is 2.33. The smallest absolute Gasteiger partial charge is 0.332 e. The molecule has 5 atom stereocenters. The van der Waals surface area contributed by atoms with Crippen LogP contribution in [0.15, 0.2) is 30.3 Å². The second-order valence-corrected chi connectivity index (χ2v) is 7.89. The third-order valence-corrected chi connectivity index (χ3v) is 5.70. The summed E-state index contributed by atoms with van der Waals surface area (Å²) in [5, 5.41) is 32.9. The van der Waals surface area contributed by atoms with Crippen molar-refractivity contribution >= 4 is 23.6 Å². The fourth-order valence-corrected chi connectivity index (χ4v) is 3.70. The standard InChI is InChI=1S/C21H27N3O9/c1-23-18(29)14(19(30)24(2)21(23)31)12(26)8-22-15-17(28)16(27)13(9-25)33-20(15)32-10-11-6-4-3-5-7-11/h3-7,13-17,20,22,25,27-28H,8-10H2,1-2H3/t13-,15+,16-,17-,20+/m1/s1. The molecule has 0 aliphatic carbocycles. The van der Waals surface area contributed by atoms with Crippen LogP contribution in [0, 0.1) is 5.92 Å². The van der Waals surface area contributed by atoms with Gasteiger partial charge < -0.3 is 30.1 Å². The van der Waals surface area contributed by atoms with Gasteiger partial charge in [0.1, 0.15) is 18.3 Å². The Hall–Kier alpha value is -2.74. The molecule has 2 fully saturated rings. The SMILES string of the molecule is CN1C(=O)C(C(=O)CN[C@@H]2[C@@H](OCc3ccccc3)O[C@H](CO)[C@@H](O)[C@@H]2O)C(=O)N(C)C1=O. The van der Waals surface area contributed by atoms with Crippen molar-refractivity contribution in [3.63, 3.8) is 0 Å². The molecule has 0 unspecified atom stereocenters. The summed E-state index contributed by atoms with van der Waals surface area (Å²) in [6.07, 6.45) is -5.26. The van der Waals surface area contributed by atoms with Gasteiger partial charge >= 0.3 is 6.03 Å². The maximum Gasteiger partial charge on any atom is 0.332 e. The van der Waals surface area contributed by atoms with Gasteiger partial charge in [0.15, 0.2) is 18.0 Å². The highest BCUT2D eigenvalue weighted by Crippen LogP contribution is 2.23. The van der Waals surface area contributed by atoms with Crippen LogP contribution in [0.1, 0.15) is 5.56 Å². The first-order chi connectivity index (χ1) is 15.7. The minimum Gasteiger partial charge on any atom is -0.394 e. The highest BCUT2D eigenvalue weighted by atomic mass is 16.7. The highest BCUT2D eigenvalue weighted by molar-refractivity contribution is 6.26. The number of carbonyl (C=O) groups excluding carboxylic acids is 4. The summed E-state index contributed by atoms with van der Waals surface area (Å²) in [4.78, 5) is 50.6. The van der Waals surface area contributed by atoms with E-state index in [2.05, 4.69) is 5.32 Å². The van der Waals surface area contributed by atoms with E-state index >= 15 is 0 Å². The predicted molar refractivity (Wildman–Crippen MR) is 110 cm³/mol. The molecule has 12 heteroatoms. The number of nitrogens with zero attached hydrogens (tertiary/aromatic N) is 2. The van der Waals surface area contributed by atoms with Gasteiger partial charge in [-0.05, 0) is 5.56 Å². The van der Waals surface area contributed by atoms with Gasteiger partial charge in [-0.15, -0.1) is 0 Å². The number of ketones is 1. The van der Waals surface area contributed by atoms with Crippen LogP contribution in [-0.4, -0.2) is 107 Å². The molecule has 0 aromatic heterocycles. The molecule has 0 radical (unpaired) electrons. The van der Waals surface area contributed by atoms with Crippen molar-refractivity contribution in [1.82, 2.24) is 15.1 Å². The molecule has 0 saturated carbocycles. The minimum atomic E-state index is -1.72. The lowest BCUT2D eigenvalue weighted by Gasteiger charge is -2.42. The summed E-state index contributed by atoms with van der Waals surface area (Å²) in [6.45, 7) is -1.05. The number of amides is 4. The summed E-state index contributed by atoms with van der Waals surface area (Å²) >= 11 is 0. The number of urea groups is 1. The molecule has 2 saturated heterocycles. The van der Waals surface area contributed by atoms with Crippen LogP contribution in [0.4, 0.5) is 4.79 Å². The molecule has 180 valence electrons. The van der Waals surface area contributed by atoms with Crippen molar-refractivity contribution in [2.24, 2.45) is 5.92 Å². The van der Waals surface area contributed by atoms with Crippen molar-refractivity contribution in [3.8, 4) is 0 Å². The molecule has 3 rings (SSSR count). The van der Waals surface area contributed by atoms with E-state index in [0.29, 0.717) is 9.80 Å². The Kier molecular flexibility index (Phi) is 7.89. The lowest BCUT2D eigenvalue weighted by molar-refractivity contribution is -0.274. The number of carbonyl (C=O) groups is 4. The molecule has 0 bridgehead atoms. The molecule has 0 spiro atoms. The van der Waals surface area contributed by atoms with Gasteiger partial charge in [0, 0.05) is 14.1 Å². The summed E-state index contributed by atoms with van der Waals surface area (Å²) < 4.78 is 11.3. The normalized spacial score (nSPS) is 29.0. The number of Topliss-reactive ketones (excluding diaryl/α,β-unsaturated/α-hetero) is 1. The Morgan fingerprint density at radius 3 is 2.24 bits per heavy atom. The van der Waals surface area contributed by atoms with E-state index in [1.807, 2.05) is 6.07 Å². The molecule has 4 amide bonds. The van der Waals surface area contributed by atoms with E-state index in [1.165, 1.54) is 14.1 Å². The van der Waals surface area contributed by atoms with Gasteiger partial charge in [-0.25, -0.2) is 4.79 Å². The van der Waals surface area contributed by atoms with Gasteiger partial charge in [0.05, 0.1) is 25.8 Å². The number of ether oxygens (including phenoxy) is 2. The average Bonchev–Trinajstić information content (AvgIpc) is 2.82. The first kappa shape index (κ1) is 24.9. The van der Waals surface area contributed by atoms with Crippen LogP contribution in [0.3, 0.4) is 0 Å². The Labute approximate surface area is 189 Å². The average molecular weight is 465 g/mol. The maximum atomic E-state index is 12.7. The number of aliphatic hydroxyl groups excluding tert-OH is 3. The highest BCUT2D eigenvalue weighted by Gasteiger charge is 2.48. The fourth-order valence-electron chi connectivity index (χ4n) is 3.70. The maximum absolute atomic E-state index is 12.7. The zero-order chi connectivity index (χ0) is 24.3. The second kappa shape index (κ2) is 10.5.